The SMILES string of the molecule is N#Cc1ccc(-c2ccc(S(=O)(=O)N3CCCC3)cc2)cc1O. The summed E-state index contributed by atoms with van der Waals surface area (Å²) < 4.78 is 26.4. The maximum Gasteiger partial charge on any atom is 0.243 e. The van der Waals surface area contributed by atoms with Crippen molar-refractivity contribution in [2.45, 2.75) is 17.7 Å². The zero-order chi connectivity index (χ0) is 16.4. The molecule has 2 aromatic carbocycles. The Morgan fingerprint density at radius 3 is 2.17 bits per heavy atom. The van der Waals surface area contributed by atoms with E-state index in [2.05, 4.69) is 0 Å². The Morgan fingerprint density at radius 2 is 1.61 bits per heavy atom. The highest BCUT2D eigenvalue weighted by Gasteiger charge is 2.26. The van der Waals surface area contributed by atoms with E-state index < -0.39 is 10.0 Å². The Kier molecular flexibility index (Phi) is 4.07. The minimum absolute atomic E-state index is 0.0845. The van der Waals surface area contributed by atoms with Gasteiger partial charge in [-0.1, -0.05) is 18.2 Å². The molecule has 5 nitrogen and oxygen atoms in total. The van der Waals surface area contributed by atoms with Crippen LogP contribution >= 0.6 is 0 Å². The van der Waals surface area contributed by atoms with Crippen LogP contribution in [0.15, 0.2) is 47.4 Å². The van der Waals surface area contributed by atoms with Crippen molar-refractivity contribution in [2.24, 2.45) is 0 Å². The minimum Gasteiger partial charge on any atom is -0.507 e. The van der Waals surface area contributed by atoms with Crippen LogP contribution in [-0.4, -0.2) is 30.9 Å². The summed E-state index contributed by atoms with van der Waals surface area (Å²) in [5.41, 5.74) is 1.72. The smallest absolute Gasteiger partial charge is 0.243 e. The fourth-order valence-corrected chi connectivity index (χ4v) is 4.22. The number of hydrogen-bond donors (Lipinski definition) is 1. The zero-order valence-corrected chi connectivity index (χ0v) is 13.3. The molecule has 0 bridgehead atoms. The number of benzene rings is 2. The Labute approximate surface area is 135 Å². The third-order valence-corrected chi connectivity index (χ3v) is 5.92. The van der Waals surface area contributed by atoms with Gasteiger partial charge in [0.2, 0.25) is 10.0 Å². The standard InChI is InChI=1S/C17H16N2O3S/c18-12-15-4-3-14(11-17(15)20)13-5-7-16(8-6-13)23(21,22)19-9-1-2-10-19/h3-8,11,20H,1-2,9-10H2. The number of nitrogens with zero attached hydrogens (tertiary/aromatic N) is 2. The van der Waals surface area contributed by atoms with Crippen LogP contribution in [0.3, 0.4) is 0 Å². The van der Waals surface area contributed by atoms with Gasteiger partial charge in [-0.3, -0.25) is 0 Å². The van der Waals surface area contributed by atoms with E-state index in [1.54, 1.807) is 36.4 Å². The van der Waals surface area contributed by atoms with Gasteiger partial charge in [0.1, 0.15) is 11.8 Å². The van der Waals surface area contributed by atoms with Crippen LogP contribution in [0, 0.1) is 11.3 Å². The van der Waals surface area contributed by atoms with Crippen molar-refractivity contribution in [1.82, 2.24) is 4.31 Å². The molecule has 23 heavy (non-hydrogen) atoms. The summed E-state index contributed by atoms with van der Waals surface area (Å²) in [5, 5.41) is 18.6. The second kappa shape index (κ2) is 6.03. The van der Waals surface area contributed by atoms with Crippen molar-refractivity contribution >= 4 is 10.0 Å². The molecular formula is C17H16N2O3S. The predicted molar refractivity (Wildman–Crippen MR) is 86.3 cm³/mol. The normalized spacial score (nSPS) is 15.4. The first kappa shape index (κ1) is 15.5. The molecule has 1 aliphatic rings. The first-order valence-electron chi connectivity index (χ1n) is 7.36. The fourth-order valence-electron chi connectivity index (χ4n) is 2.70. The van der Waals surface area contributed by atoms with Crippen molar-refractivity contribution in [3.8, 4) is 22.9 Å². The molecule has 0 saturated carbocycles. The van der Waals surface area contributed by atoms with E-state index in [0.29, 0.717) is 13.1 Å². The molecule has 3 rings (SSSR count). The number of phenols is 1. The van der Waals surface area contributed by atoms with Crippen molar-refractivity contribution in [2.75, 3.05) is 13.1 Å². The third-order valence-electron chi connectivity index (χ3n) is 4.01. The molecule has 0 radical (unpaired) electrons. The van der Waals surface area contributed by atoms with Crippen LogP contribution < -0.4 is 0 Å². The molecule has 0 spiro atoms. The summed E-state index contributed by atoms with van der Waals surface area (Å²) in [6, 6.07) is 13.3. The van der Waals surface area contributed by atoms with Gasteiger partial charge in [-0.05, 0) is 48.2 Å². The van der Waals surface area contributed by atoms with Crippen LogP contribution in [-0.2, 0) is 10.0 Å². The molecule has 6 heteroatoms. The molecule has 0 aliphatic carbocycles. The minimum atomic E-state index is -3.42. The fraction of sp³-hybridized carbons (Fsp3) is 0.235. The Bertz CT molecular complexity index is 862. The van der Waals surface area contributed by atoms with Gasteiger partial charge in [-0.25, -0.2) is 8.42 Å². The molecular weight excluding hydrogens is 312 g/mol. The first-order chi connectivity index (χ1) is 11.0. The Balaban J connectivity index is 1.90. The molecule has 1 fully saturated rings. The van der Waals surface area contributed by atoms with Crippen LogP contribution in [0.1, 0.15) is 18.4 Å². The summed E-state index contributed by atoms with van der Waals surface area (Å²) in [7, 11) is -3.42. The molecule has 118 valence electrons. The van der Waals surface area contributed by atoms with Crippen LogP contribution in [0.25, 0.3) is 11.1 Å². The average Bonchev–Trinajstić information content (AvgIpc) is 3.10. The molecule has 1 heterocycles. The van der Waals surface area contributed by atoms with E-state index in [9.17, 15) is 13.5 Å². The van der Waals surface area contributed by atoms with Crippen LogP contribution in [0.5, 0.6) is 5.75 Å². The van der Waals surface area contributed by atoms with Crippen molar-refractivity contribution in [3.05, 3.63) is 48.0 Å². The lowest BCUT2D eigenvalue weighted by Crippen LogP contribution is -2.27. The van der Waals surface area contributed by atoms with E-state index in [4.69, 9.17) is 5.26 Å². The molecule has 1 N–H and O–H groups in total. The number of rotatable bonds is 3. The summed E-state index contributed by atoms with van der Waals surface area (Å²) in [5.74, 6) is -0.0845. The second-order valence-corrected chi connectivity index (χ2v) is 7.42. The quantitative estimate of drug-likeness (QED) is 0.939. The maximum absolute atomic E-state index is 12.5. The summed E-state index contributed by atoms with van der Waals surface area (Å²) in [6.07, 6.45) is 1.81. The average molecular weight is 328 g/mol. The summed E-state index contributed by atoms with van der Waals surface area (Å²) in [4.78, 5) is 0.279. The molecule has 2 aromatic rings. The van der Waals surface area contributed by atoms with Gasteiger partial charge >= 0.3 is 0 Å². The number of sulfonamides is 1. The Hall–Kier alpha value is -2.36. The largest absolute Gasteiger partial charge is 0.507 e. The molecule has 0 amide bonds. The van der Waals surface area contributed by atoms with Gasteiger partial charge in [0.25, 0.3) is 0 Å². The van der Waals surface area contributed by atoms with Gasteiger partial charge in [0, 0.05) is 13.1 Å². The maximum atomic E-state index is 12.5. The molecule has 0 aromatic heterocycles. The van der Waals surface area contributed by atoms with E-state index in [1.807, 2.05) is 6.07 Å². The van der Waals surface area contributed by atoms with Gasteiger partial charge in [0.05, 0.1) is 10.5 Å². The third kappa shape index (κ3) is 2.93. The number of hydrogen-bond acceptors (Lipinski definition) is 4. The zero-order valence-electron chi connectivity index (χ0n) is 12.4. The van der Waals surface area contributed by atoms with Gasteiger partial charge < -0.3 is 5.11 Å². The molecule has 0 atom stereocenters. The summed E-state index contributed by atoms with van der Waals surface area (Å²) in [6.45, 7) is 1.15. The van der Waals surface area contributed by atoms with Gasteiger partial charge in [0.15, 0.2) is 0 Å². The monoisotopic (exact) mass is 328 g/mol. The van der Waals surface area contributed by atoms with E-state index in [1.165, 1.54) is 10.4 Å². The molecule has 0 unspecified atom stereocenters. The first-order valence-corrected chi connectivity index (χ1v) is 8.80. The van der Waals surface area contributed by atoms with Crippen LogP contribution in [0.4, 0.5) is 0 Å². The molecule has 1 aliphatic heterocycles. The van der Waals surface area contributed by atoms with Crippen molar-refractivity contribution < 1.29 is 13.5 Å². The summed E-state index contributed by atoms with van der Waals surface area (Å²) >= 11 is 0. The van der Waals surface area contributed by atoms with Gasteiger partial charge in [-0.2, -0.15) is 9.57 Å². The van der Waals surface area contributed by atoms with E-state index >= 15 is 0 Å². The van der Waals surface area contributed by atoms with Gasteiger partial charge in [-0.15, -0.1) is 0 Å². The lowest BCUT2D eigenvalue weighted by atomic mass is 10.0. The van der Waals surface area contributed by atoms with Crippen molar-refractivity contribution in [3.63, 3.8) is 0 Å². The Morgan fingerprint density at radius 1 is 1.00 bits per heavy atom. The second-order valence-electron chi connectivity index (χ2n) is 5.48. The number of aromatic hydroxyl groups is 1. The number of nitriles is 1. The molecule has 1 saturated heterocycles. The highest BCUT2D eigenvalue weighted by Crippen LogP contribution is 2.28. The predicted octanol–water partition coefficient (Wildman–Crippen LogP) is 2.72. The lowest BCUT2D eigenvalue weighted by Gasteiger charge is -2.15. The van der Waals surface area contributed by atoms with E-state index in [-0.39, 0.29) is 16.2 Å². The van der Waals surface area contributed by atoms with Crippen molar-refractivity contribution in [1.29, 1.82) is 5.26 Å². The highest BCUT2D eigenvalue weighted by molar-refractivity contribution is 7.89. The topological polar surface area (TPSA) is 81.4 Å². The van der Waals surface area contributed by atoms with Crippen LogP contribution in [0.2, 0.25) is 0 Å². The van der Waals surface area contributed by atoms with E-state index in [0.717, 1.165) is 24.0 Å². The highest BCUT2D eigenvalue weighted by atomic mass is 32.2. The number of phenolic OH excluding ortho intramolecular Hbond substituents is 1. The lowest BCUT2D eigenvalue weighted by molar-refractivity contribution is 0.473.